The van der Waals surface area contributed by atoms with Gasteiger partial charge in [-0.1, -0.05) is 60.7 Å². The van der Waals surface area contributed by atoms with Gasteiger partial charge in [-0.15, -0.1) is 0 Å². The molecule has 4 N–H and O–H groups in total. The smallest absolute Gasteiger partial charge is 0.233 e. The second kappa shape index (κ2) is 15.2. The predicted molar refractivity (Wildman–Crippen MR) is 193 cm³/mol. The van der Waals surface area contributed by atoms with Gasteiger partial charge in [-0.25, -0.2) is 16.8 Å². The summed E-state index contributed by atoms with van der Waals surface area (Å²) >= 11 is 12.1. The zero-order valence-corrected chi connectivity index (χ0v) is 29.2. The molecule has 0 bridgehead atoms. The number of para-hydroxylation sites is 2. The number of hydrogen-bond donors (Lipinski definition) is 4. The molecule has 0 saturated carbocycles. The number of hydrogen-bond acceptors (Lipinski definition) is 16. The zero-order valence-electron chi connectivity index (χ0n) is 26.1. The fraction of sp³-hybridized carbons (Fsp3) is 0. The molecular weight excluding hydrogens is 755 g/mol. The van der Waals surface area contributed by atoms with E-state index in [9.17, 15) is 25.9 Å². The van der Waals surface area contributed by atoms with Crippen LogP contribution >= 0.6 is 23.2 Å². The molecule has 2 heterocycles. The van der Waals surface area contributed by atoms with Crippen molar-refractivity contribution < 1.29 is 25.9 Å². The molecule has 6 aromatic rings. The molecule has 0 radical (unpaired) electrons. The van der Waals surface area contributed by atoms with Crippen molar-refractivity contribution in [3.8, 4) is 0 Å². The molecule has 2 aromatic heterocycles. The number of nitrogens with zero attached hydrogens (tertiary/aromatic N) is 6. The van der Waals surface area contributed by atoms with Gasteiger partial charge < -0.3 is 30.4 Å². The molecule has 52 heavy (non-hydrogen) atoms. The number of rotatable bonds is 12. The van der Waals surface area contributed by atoms with Crippen LogP contribution in [0.1, 0.15) is 11.1 Å². The van der Waals surface area contributed by atoms with Gasteiger partial charge in [-0.2, -0.15) is 29.9 Å². The lowest BCUT2D eigenvalue weighted by Gasteiger charge is -2.15. The molecule has 20 heteroatoms. The molecule has 0 spiro atoms. The molecule has 0 aliphatic rings. The van der Waals surface area contributed by atoms with Crippen LogP contribution in [0.25, 0.3) is 12.2 Å². The minimum atomic E-state index is -5.07. The molecule has 264 valence electrons. The highest BCUT2D eigenvalue weighted by Gasteiger charge is 2.14. The summed E-state index contributed by atoms with van der Waals surface area (Å²) in [7, 11) is -10.1. The van der Waals surface area contributed by atoms with Crippen LogP contribution in [0.2, 0.25) is 10.6 Å². The van der Waals surface area contributed by atoms with Gasteiger partial charge in [0.2, 0.25) is 34.4 Å². The molecule has 0 amide bonds. The molecule has 0 unspecified atom stereocenters. The highest BCUT2D eigenvalue weighted by Crippen LogP contribution is 2.28. The fourth-order valence-corrected chi connectivity index (χ4v) is 6.31. The van der Waals surface area contributed by atoms with Crippen molar-refractivity contribution in [3.05, 3.63) is 119 Å². The van der Waals surface area contributed by atoms with E-state index in [1.165, 1.54) is 36.4 Å². The van der Waals surface area contributed by atoms with Crippen molar-refractivity contribution in [2.24, 2.45) is 0 Å². The molecule has 0 atom stereocenters. The first-order valence-corrected chi connectivity index (χ1v) is 18.3. The summed E-state index contributed by atoms with van der Waals surface area (Å²) in [6, 6.07) is 25.5. The van der Waals surface area contributed by atoms with E-state index in [0.717, 1.165) is 12.1 Å². The third kappa shape index (κ3) is 9.51. The SMILES string of the molecule is O=S(=O)([O-])c1cc(Nc2nc(Cl)nc(Nc3ccccc3)n2)ccc1/C=C/c1ccc(Nc2nc(Cl)nc(Nc3ccccc3)n2)cc1S(=O)(=O)[O-]. The van der Waals surface area contributed by atoms with Crippen LogP contribution in [-0.2, 0) is 20.2 Å². The van der Waals surface area contributed by atoms with Crippen molar-refractivity contribution in [1.82, 2.24) is 29.9 Å². The highest BCUT2D eigenvalue weighted by molar-refractivity contribution is 7.86. The summed E-state index contributed by atoms with van der Waals surface area (Å²) in [6.07, 6.45) is 2.36. The molecule has 6 rings (SSSR count). The Bertz CT molecular complexity index is 2340. The Hall–Kier alpha value is -5.76. The Balaban J connectivity index is 1.25. The number of anilines is 8. The lowest BCUT2D eigenvalue weighted by atomic mass is 10.1. The van der Waals surface area contributed by atoms with Gasteiger partial charge in [-0.05, 0) is 82.9 Å². The summed E-state index contributed by atoms with van der Waals surface area (Å²) in [5.41, 5.74) is 1.36. The number of nitrogens with one attached hydrogen (secondary N) is 4. The maximum absolute atomic E-state index is 12.3. The summed E-state index contributed by atoms with van der Waals surface area (Å²) in [6.45, 7) is 0. The Morgan fingerprint density at radius 2 is 0.788 bits per heavy atom. The average Bonchev–Trinajstić information content (AvgIpc) is 3.07. The Labute approximate surface area is 306 Å². The standard InChI is InChI=1S/C32H24Cl2N10O6S2/c33-27-39-29(35-21-7-3-1-4-8-21)43-31(41-27)37-23-15-13-19(25(17-23)51(45,46)47)11-12-20-14-16-24(18-26(20)52(48,49)50)38-32-42-28(34)40-30(44-32)36-22-9-5-2-6-10-22/h1-18H,(H,45,46,47)(H,48,49,50)(H2,35,37,39,41,43)(H2,36,38,40,42,44)/p-2/b12-11+. The van der Waals surface area contributed by atoms with Gasteiger partial charge in [0, 0.05) is 22.7 Å². The van der Waals surface area contributed by atoms with Crippen molar-refractivity contribution in [1.29, 1.82) is 0 Å². The van der Waals surface area contributed by atoms with Crippen molar-refractivity contribution in [3.63, 3.8) is 0 Å². The van der Waals surface area contributed by atoms with Gasteiger partial charge in [-0.3, -0.25) is 0 Å². The summed E-state index contributed by atoms with van der Waals surface area (Å²) < 4.78 is 73.8. The minimum absolute atomic E-state index is 0.0573. The van der Waals surface area contributed by atoms with Crippen LogP contribution < -0.4 is 21.3 Å². The summed E-state index contributed by atoms with van der Waals surface area (Å²) in [4.78, 5) is 23.1. The van der Waals surface area contributed by atoms with E-state index >= 15 is 0 Å². The molecule has 0 aliphatic heterocycles. The van der Waals surface area contributed by atoms with E-state index in [1.54, 1.807) is 48.5 Å². The van der Waals surface area contributed by atoms with Crippen LogP contribution in [0.15, 0.2) is 107 Å². The number of benzene rings is 4. The Morgan fingerprint density at radius 1 is 0.462 bits per heavy atom. The topological polar surface area (TPSA) is 240 Å². The first kappa shape index (κ1) is 36.0. The monoisotopic (exact) mass is 776 g/mol. The van der Waals surface area contributed by atoms with E-state index in [1.807, 2.05) is 12.1 Å². The van der Waals surface area contributed by atoms with Gasteiger partial charge in [0.05, 0.1) is 9.79 Å². The van der Waals surface area contributed by atoms with Crippen LogP contribution in [0.3, 0.4) is 0 Å². The lowest BCUT2D eigenvalue weighted by Crippen LogP contribution is -2.06. The van der Waals surface area contributed by atoms with Crippen molar-refractivity contribution in [2.75, 3.05) is 21.3 Å². The Morgan fingerprint density at radius 3 is 1.12 bits per heavy atom. The Kier molecular flexibility index (Phi) is 10.6. The van der Waals surface area contributed by atoms with Crippen LogP contribution in [-0.4, -0.2) is 55.8 Å². The molecule has 4 aromatic carbocycles. The van der Waals surface area contributed by atoms with Crippen LogP contribution in [0, 0.1) is 0 Å². The molecule has 0 fully saturated rings. The maximum Gasteiger partial charge on any atom is 0.233 e. The second-order valence-corrected chi connectivity index (χ2v) is 13.9. The lowest BCUT2D eigenvalue weighted by molar-refractivity contribution is 0.460. The van der Waals surface area contributed by atoms with Crippen LogP contribution in [0.4, 0.5) is 46.5 Å². The van der Waals surface area contributed by atoms with E-state index < -0.39 is 30.0 Å². The highest BCUT2D eigenvalue weighted by atomic mass is 35.5. The largest absolute Gasteiger partial charge is 0.744 e. The molecule has 16 nitrogen and oxygen atoms in total. The van der Waals surface area contributed by atoms with Crippen molar-refractivity contribution >= 4 is 102 Å². The summed E-state index contributed by atoms with van der Waals surface area (Å²) in [5.74, 6) is 0.0746. The van der Waals surface area contributed by atoms with Crippen molar-refractivity contribution in [2.45, 2.75) is 9.79 Å². The zero-order chi connectivity index (χ0) is 36.9. The third-order valence-electron chi connectivity index (χ3n) is 6.80. The summed E-state index contributed by atoms with van der Waals surface area (Å²) in [5, 5.41) is 11.2. The molecular formula is C32H22Cl2N10O6S2-2. The normalized spacial score (nSPS) is 11.7. The van der Waals surface area contributed by atoms with E-state index in [4.69, 9.17) is 23.2 Å². The minimum Gasteiger partial charge on any atom is -0.744 e. The van der Waals surface area contributed by atoms with Gasteiger partial charge in [0.25, 0.3) is 0 Å². The van der Waals surface area contributed by atoms with E-state index in [-0.39, 0.29) is 56.9 Å². The molecule has 0 aliphatic carbocycles. The van der Waals surface area contributed by atoms with Gasteiger partial charge in [0.1, 0.15) is 20.2 Å². The molecule has 0 saturated heterocycles. The van der Waals surface area contributed by atoms with Crippen LogP contribution in [0.5, 0.6) is 0 Å². The van der Waals surface area contributed by atoms with Gasteiger partial charge in [0.15, 0.2) is 0 Å². The van der Waals surface area contributed by atoms with Gasteiger partial charge >= 0.3 is 0 Å². The first-order chi connectivity index (χ1) is 24.8. The fourth-order valence-electron chi connectivity index (χ4n) is 4.60. The van der Waals surface area contributed by atoms with E-state index in [0.29, 0.717) is 11.4 Å². The second-order valence-electron chi connectivity index (χ2n) is 10.5. The quantitative estimate of drug-likeness (QED) is 0.0785. The predicted octanol–water partition coefficient (Wildman–Crippen LogP) is 6.32. The number of halogens is 2. The van der Waals surface area contributed by atoms with E-state index in [2.05, 4.69) is 51.2 Å². The average molecular weight is 778 g/mol. The number of aromatic nitrogens is 6. The maximum atomic E-state index is 12.3. The first-order valence-electron chi connectivity index (χ1n) is 14.7. The third-order valence-corrected chi connectivity index (χ3v) is 8.92.